The van der Waals surface area contributed by atoms with Crippen molar-refractivity contribution in [2.75, 3.05) is 6.54 Å². The molecule has 0 spiro atoms. The second-order valence-corrected chi connectivity index (χ2v) is 6.65. The number of aromatic nitrogens is 4. The largest absolute Gasteiger partial charge is 0.335 e. The van der Waals surface area contributed by atoms with Crippen LogP contribution in [0.3, 0.4) is 0 Å². The van der Waals surface area contributed by atoms with Gasteiger partial charge in [-0.25, -0.2) is 9.97 Å². The Morgan fingerprint density at radius 3 is 2.54 bits per heavy atom. The minimum atomic E-state index is -0.225. The van der Waals surface area contributed by atoms with E-state index in [2.05, 4.69) is 19.9 Å². The quantitative estimate of drug-likeness (QED) is 0.674. The number of nitrogens with one attached hydrogen (secondary N) is 2. The molecule has 0 unspecified atom stereocenters. The summed E-state index contributed by atoms with van der Waals surface area (Å²) in [5.74, 6) is 0.877. The number of amides is 1. The molecule has 0 fully saturated rings. The topological polar surface area (TPSA) is 112 Å². The van der Waals surface area contributed by atoms with E-state index in [9.17, 15) is 14.4 Å². The summed E-state index contributed by atoms with van der Waals surface area (Å²) in [6, 6.07) is 7.08. The molecule has 3 aromatic rings. The van der Waals surface area contributed by atoms with E-state index in [0.29, 0.717) is 46.8 Å². The first-order valence-corrected chi connectivity index (χ1v) is 9.21. The predicted octanol–water partition coefficient (Wildman–Crippen LogP) is 1.60. The molecule has 1 amide bonds. The Morgan fingerprint density at radius 1 is 1.07 bits per heavy atom. The summed E-state index contributed by atoms with van der Waals surface area (Å²) in [4.78, 5) is 52.7. The predicted molar refractivity (Wildman–Crippen MR) is 106 cm³/mol. The molecular weight excluding hydrogens is 358 g/mol. The lowest BCUT2D eigenvalue weighted by Gasteiger charge is -2.20. The van der Waals surface area contributed by atoms with Gasteiger partial charge in [-0.3, -0.25) is 14.4 Å². The Kier molecular flexibility index (Phi) is 5.67. The summed E-state index contributed by atoms with van der Waals surface area (Å²) in [7, 11) is 0. The number of aromatic amines is 2. The maximum atomic E-state index is 12.7. The third-order valence-corrected chi connectivity index (χ3v) is 4.67. The van der Waals surface area contributed by atoms with Gasteiger partial charge in [-0.1, -0.05) is 12.1 Å². The number of benzene rings is 1. The van der Waals surface area contributed by atoms with Crippen LogP contribution in [0.2, 0.25) is 0 Å². The maximum Gasteiger partial charge on any atom is 0.258 e. The molecule has 0 saturated heterocycles. The van der Waals surface area contributed by atoms with Crippen LogP contribution in [0, 0.1) is 13.8 Å². The van der Waals surface area contributed by atoms with E-state index in [-0.39, 0.29) is 30.0 Å². The molecule has 146 valence electrons. The number of aryl methyl sites for hydroxylation is 2. The fourth-order valence-electron chi connectivity index (χ4n) is 3.20. The number of rotatable bonds is 6. The van der Waals surface area contributed by atoms with Crippen molar-refractivity contribution in [3.8, 4) is 0 Å². The first-order valence-electron chi connectivity index (χ1n) is 9.21. The first kappa shape index (κ1) is 19.5. The fraction of sp³-hybridized carbons (Fsp3) is 0.350. The molecule has 0 atom stereocenters. The van der Waals surface area contributed by atoms with Crippen molar-refractivity contribution < 1.29 is 4.79 Å². The lowest BCUT2D eigenvalue weighted by Crippen LogP contribution is -2.32. The number of hydrogen-bond acceptors (Lipinski definition) is 5. The highest BCUT2D eigenvalue weighted by Crippen LogP contribution is 2.09. The minimum Gasteiger partial charge on any atom is -0.335 e. The third kappa shape index (κ3) is 4.16. The van der Waals surface area contributed by atoms with Gasteiger partial charge >= 0.3 is 0 Å². The lowest BCUT2D eigenvalue weighted by molar-refractivity contribution is -0.131. The second kappa shape index (κ2) is 8.16. The van der Waals surface area contributed by atoms with Gasteiger partial charge in [0.2, 0.25) is 5.91 Å². The molecule has 0 aliphatic heterocycles. The summed E-state index contributed by atoms with van der Waals surface area (Å²) < 4.78 is 0. The molecule has 8 nitrogen and oxygen atoms in total. The molecular formula is C20H23N5O3. The molecule has 0 radical (unpaired) electrons. The van der Waals surface area contributed by atoms with Gasteiger partial charge in [-0.05, 0) is 39.3 Å². The van der Waals surface area contributed by atoms with E-state index in [0.717, 1.165) is 0 Å². The Morgan fingerprint density at radius 2 is 1.82 bits per heavy atom. The van der Waals surface area contributed by atoms with Gasteiger partial charge in [0.1, 0.15) is 11.6 Å². The Balaban J connectivity index is 1.74. The third-order valence-electron chi connectivity index (χ3n) is 4.67. The molecule has 3 rings (SSSR count). The van der Waals surface area contributed by atoms with Crippen LogP contribution >= 0.6 is 0 Å². The van der Waals surface area contributed by atoms with Crippen LogP contribution in [0.25, 0.3) is 10.9 Å². The minimum absolute atomic E-state index is 0.113. The van der Waals surface area contributed by atoms with Crippen LogP contribution in [0.1, 0.15) is 36.3 Å². The molecule has 8 heteroatoms. The zero-order chi connectivity index (χ0) is 20.3. The van der Waals surface area contributed by atoms with Crippen LogP contribution in [-0.4, -0.2) is 37.3 Å². The summed E-state index contributed by atoms with van der Waals surface area (Å²) in [5.41, 5.74) is 1.32. The number of para-hydroxylation sites is 1. The number of nitrogens with zero attached hydrogens (tertiary/aromatic N) is 3. The maximum absolute atomic E-state index is 12.7. The van der Waals surface area contributed by atoms with Crippen molar-refractivity contribution >= 4 is 16.8 Å². The monoisotopic (exact) mass is 381 g/mol. The van der Waals surface area contributed by atoms with Gasteiger partial charge in [-0.2, -0.15) is 0 Å². The average Bonchev–Trinajstić information content (AvgIpc) is 2.65. The zero-order valence-electron chi connectivity index (χ0n) is 16.2. The highest BCUT2D eigenvalue weighted by Gasteiger charge is 2.16. The fourth-order valence-corrected chi connectivity index (χ4v) is 3.20. The normalized spacial score (nSPS) is 11.0. The van der Waals surface area contributed by atoms with E-state index in [4.69, 9.17) is 0 Å². The molecule has 2 aromatic heterocycles. The number of fused-ring (bicyclic) bond motifs is 1. The van der Waals surface area contributed by atoms with E-state index >= 15 is 0 Å². The van der Waals surface area contributed by atoms with Gasteiger partial charge in [0.15, 0.2) is 0 Å². The van der Waals surface area contributed by atoms with Crippen molar-refractivity contribution in [2.45, 2.75) is 40.2 Å². The molecule has 2 heterocycles. The number of hydrogen-bond donors (Lipinski definition) is 2. The zero-order valence-corrected chi connectivity index (χ0v) is 16.2. The summed E-state index contributed by atoms with van der Waals surface area (Å²) in [5, 5.41) is 0.516. The second-order valence-electron chi connectivity index (χ2n) is 6.65. The van der Waals surface area contributed by atoms with Crippen LogP contribution in [0.5, 0.6) is 0 Å². The Labute approximate surface area is 161 Å². The van der Waals surface area contributed by atoms with E-state index in [1.54, 1.807) is 36.9 Å². The van der Waals surface area contributed by atoms with Gasteiger partial charge in [0.25, 0.3) is 11.1 Å². The average molecular weight is 381 g/mol. The number of carbonyl (C=O) groups excluding carboxylic acids is 1. The molecule has 1 aromatic carbocycles. The summed E-state index contributed by atoms with van der Waals surface area (Å²) in [6.45, 7) is 6.03. The van der Waals surface area contributed by atoms with Crippen molar-refractivity contribution in [3.05, 3.63) is 67.9 Å². The highest BCUT2D eigenvalue weighted by atomic mass is 16.2. The number of H-pyrrole nitrogens is 2. The molecule has 0 bridgehead atoms. The molecule has 2 N–H and O–H groups in total. The van der Waals surface area contributed by atoms with Crippen molar-refractivity contribution in [1.29, 1.82) is 0 Å². The van der Waals surface area contributed by atoms with E-state index < -0.39 is 0 Å². The first-order chi connectivity index (χ1) is 13.4. The van der Waals surface area contributed by atoms with Gasteiger partial charge < -0.3 is 14.9 Å². The van der Waals surface area contributed by atoms with E-state index in [1.807, 2.05) is 13.0 Å². The van der Waals surface area contributed by atoms with Crippen molar-refractivity contribution in [3.63, 3.8) is 0 Å². The standard InChI is InChI=1S/C20H23N5O3/c1-4-25(11-17-23-16-8-6-5-7-15(16)20(28)24-17)18(26)10-9-14-12(2)21-13(3)22-19(14)27/h5-8H,4,9-11H2,1-3H3,(H,21,22,27)(H,23,24,28). The summed E-state index contributed by atoms with van der Waals surface area (Å²) in [6.07, 6.45) is 0.492. The van der Waals surface area contributed by atoms with Gasteiger partial charge in [0.05, 0.1) is 17.4 Å². The summed E-state index contributed by atoms with van der Waals surface area (Å²) >= 11 is 0. The van der Waals surface area contributed by atoms with E-state index in [1.165, 1.54) is 0 Å². The number of carbonyl (C=O) groups is 1. The molecule has 0 saturated carbocycles. The molecule has 0 aliphatic rings. The van der Waals surface area contributed by atoms with Crippen LogP contribution < -0.4 is 11.1 Å². The van der Waals surface area contributed by atoms with Gasteiger partial charge in [0, 0.05) is 24.2 Å². The SMILES string of the molecule is CCN(Cc1nc2ccccc2c(=O)[nH]1)C(=O)CCc1c(C)nc(C)[nH]c1=O. The van der Waals surface area contributed by atoms with Crippen molar-refractivity contribution in [1.82, 2.24) is 24.8 Å². The lowest BCUT2D eigenvalue weighted by atomic mass is 10.1. The highest BCUT2D eigenvalue weighted by molar-refractivity contribution is 5.78. The Bertz CT molecular complexity index is 1130. The van der Waals surface area contributed by atoms with Crippen LogP contribution in [-0.2, 0) is 17.8 Å². The smallest absolute Gasteiger partial charge is 0.258 e. The Hall–Kier alpha value is -3.29. The van der Waals surface area contributed by atoms with Crippen LogP contribution in [0.4, 0.5) is 0 Å². The van der Waals surface area contributed by atoms with Crippen molar-refractivity contribution in [2.24, 2.45) is 0 Å². The molecule has 28 heavy (non-hydrogen) atoms. The molecule has 0 aliphatic carbocycles. The van der Waals surface area contributed by atoms with Crippen LogP contribution in [0.15, 0.2) is 33.9 Å². The van der Waals surface area contributed by atoms with Gasteiger partial charge in [-0.15, -0.1) is 0 Å².